The van der Waals surface area contributed by atoms with Gasteiger partial charge in [-0.05, 0) is 25.1 Å². The molecule has 7 nitrogen and oxygen atoms in total. The zero-order valence-corrected chi connectivity index (χ0v) is 16.6. The number of benzene rings is 1. The van der Waals surface area contributed by atoms with Crippen molar-refractivity contribution in [1.82, 2.24) is 19.8 Å². The van der Waals surface area contributed by atoms with E-state index in [0.29, 0.717) is 12.4 Å². The fourth-order valence-corrected chi connectivity index (χ4v) is 3.28. The molecule has 1 aliphatic rings. The van der Waals surface area contributed by atoms with Crippen molar-refractivity contribution in [3.63, 3.8) is 0 Å². The maximum Gasteiger partial charge on any atom is 0.328 e. The number of hydrogen-bond donors (Lipinski definition) is 1. The normalized spacial score (nSPS) is 17.2. The number of fused-ring (bicyclic) bond motifs is 1. The average Bonchev–Trinajstić information content (AvgIpc) is 2.67. The number of carbonyl (C=O) groups is 1. The van der Waals surface area contributed by atoms with Crippen LogP contribution in [0.15, 0.2) is 24.3 Å². The first-order valence-electron chi connectivity index (χ1n) is 9.49. The largest absolute Gasteiger partial charge is 0.467 e. The number of ether oxygens (including phenoxy) is 1. The minimum atomic E-state index is -0.454. The van der Waals surface area contributed by atoms with Gasteiger partial charge in [0.15, 0.2) is 0 Å². The van der Waals surface area contributed by atoms with Crippen molar-refractivity contribution in [3.8, 4) is 0 Å². The quantitative estimate of drug-likeness (QED) is 0.779. The Morgan fingerprint density at radius 2 is 1.89 bits per heavy atom. The van der Waals surface area contributed by atoms with Crippen LogP contribution in [0.5, 0.6) is 0 Å². The predicted molar refractivity (Wildman–Crippen MR) is 107 cm³/mol. The van der Waals surface area contributed by atoms with Gasteiger partial charge in [-0.25, -0.2) is 14.8 Å². The fraction of sp³-hybridized carbons (Fsp3) is 0.550. The van der Waals surface area contributed by atoms with Crippen molar-refractivity contribution in [2.45, 2.75) is 26.4 Å². The monoisotopic (exact) mass is 371 g/mol. The molecule has 2 aromatic rings. The van der Waals surface area contributed by atoms with Crippen LogP contribution < -0.4 is 5.32 Å². The molecule has 1 saturated heterocycles. The Morgan fingerprint density at radius 3 is 2.56 bits per heavy atom. The lowest BCUT2D eigenvalue weighted by atomic mass is 10.0. The molecule has 3 rings (SSSR count). The Kier molecular flexibility index (Phi) is 6.23. The van der Waals surface area contributed by atoms with Gasteiger partial charge in [0.1, 0.15) is 17.7 Å². The fourth-order valence-electron chi connectivity index (χ4n) is 3.28. The molecule has 7 heteroatoms. The molecular weight excluding hydrogens is 342 g/mol. The number of aromatic nitrogens is 2. The molecule has 0 unspecified atom stereocenters. The number of nitrogens with zero attached hydrogens (tertiary/aromatic N) is 4. The standard InChI is InChI=1S/C20H29N5O2/c1-14(2)18(20(26)27-4)23-19-15-7-5-6-8-16(15)21-17(22-19)13-25-11-9-24(3)10-12-25/h5-8,14,18H,9-13H2,1-4H3,(H,21,22,23)/t18-/m0/s1. The second-order valence-electron chi connectivity index (χ2n) is 7.47. The minimum absolute atomic E-state index is 0.0762. The molecule has 27 heavy (non-hydrogen) atoms. The van der Waals surface area contributed by atoms with Gasteiger partial charge in [-0.15, -0.1) is 0 Å². The predicted octanol–water partition coefficient (Wildman–Crippen LogP) is 1.99. The molecule has 0 bridgehead atoms. The van der Waals surface area contributed by atoms with E-state index in [1.165, 1.54) is 7.11 Å². The lowest BCUT2D eigenvalue weighted by molar-refractivity contribution is -0.142. The molecule has 1 aromatic carbocycles. The van der Waals surface area contributed by atoms with Gasteiger partial charge in [0.2, 0.25) is 0 Å². The highest BCUT2D eigenvalue weighted by Gasteiger charge is 2.25. The summed E-state index contributed by atoms with van der Waals surface area (Å²) in [4.78, 5) is 26.4. The maximum absolute atomic E-state index is 12.2. The number of carbonyl (C=O) groups excluding carboxylic acids is 1. The molecule has 0 aliphatic carbocycles. The minimum Gasteiger partial charge on any atom is -0.467 e. The van der Waals surface area contributed by atoms with E-state index in [9.17, 15) is 4.79 Å². The van der Waals surface area contributed by atoms with E-state index < -0.39 is 6.04 Å². The summed E-state index contributed by atoms with van der Waals surface area (Å²) in [6.45, 7) is 8.80. The third-order valence-electron chi connectivity index (χ3n) is 5.02. The van der Waals surface area contributed by atoms with Gasteiger partial charge in [0.25, 0.3) is 0 Å². The van der Waals surface area contributed by atoms with E-state index in [-0.39, 0.29) is 11.9 Å². The summed E-state index contributed by atoms with van der Waals surface area (Å²) in [5.74, 6) is 1.25. The molecule has 1 fully saturated rings. The van der Waals surface area contributed by atoms with Crippen LogP contribution in [-0.4, -0.2) is 72.1 Å². The summed E-state index contributed by atoms with van der Waals surface area (Å²) in [6, 6.07) is 7.44. The Labute approximate surface area is 160 Å². The Balaban J connectivity index is 1.89. The molecule has 1 atom stereocenters. The first-order chi connectivity index (χ1) is 13.0. The summed E-state index contributed by atoms with van der Waals surface area (Å²) < 4.78 is 4.96. The van der Waals surface area contributed by atoms with Gasteiger partial charge in [-0.3, -0.25) is 4.90 Å². The SMILES string of the molecule is COC(=O)[C@@H](Nc1nc(CN2CCN(C)CC2)nc2ccccc12)C(C)C. The molecule has 1 N–H and O–H groups in total. The van der Waals surface area contributed by atoms with Crippen LogP contribution in [-0.2, 0) is 16.1 Å². The van der Waals surface area contributed by atoms with E-state index in [4.69, 9.17) is 14.7 Å². The molecule has 0 spiro atoms. The lowest BCUT2D eigenvalue weighted by Gasteiger charge is -2.31. The number of para-hydroxylation sites is 1. The van der Waals surface area contributed by atoms with Gasteiger partial charge >= 0.3 is 5.97 Å². The second kappa shape index (κ2) is 8.63. The zero-order valence-electron chi connectivity index (χ0n) is 16.6. The average molecular weight is 371 g/mol. The number of methoxy groups -OCH3 is 1. The van der Waals surface area contributed by atoms with E-state index in [1.807, 2.05) is 38.1 Å². The van der Waals surface area contributed by atoms with Gasteiger partial charge in [0, 0.05) is 31.6 Å². The van der Waals surface area contributed by atoms with E-state index in [0.717, 1.165) is 42.9 Å². The molecular formula is C20H29N5O2. The van der Waals surface area contributed by atoms with Gasteiger partial charge in [0.05, 0.1) is 19.2 Å². The number of nitrogens with one attached hydrogen (secondary N) is 1. The first kappa shape index (κ1) is 19.5. The van der Waals surface area contributed by atoms with Crippen LogP contribution in [0.3, 0.4) is 0 Å². The molecule has 1 aromatic heterocycles. The number of likely N-dealkylation sites (N-methyl/N-ethyl adjacent to an activating group) is 1. The second-order valence-corrected chi connectivity index (χ2v) is 7.47. The highest BCUT2D eigenvalue weighted by atomic mass is 16.5. The molecule has 1 aliphatic heterocycles. The molecule has 0 amide bonds. The zero-order chi connectivity index (χ0) is 19.4. The first-order valence-corrected chi connectivity index (χ1v) is 9.49. The summed E-state index contributed by atoms with van der Waals surface area (Å²) in [5.41, 5.74) is 0.881. The van der Waals surface area contributed by atoms with Crippen molar-refractivity contribution in [2.75, 3.05) is 45.7 Å². The summed E-state index contributed by atoms with van der Waals surface area (Å²) in [6.07, 6.45) is 0. The van der Waals surface area contributed by atoms with E-state index >= 15 is 0 Å². The van der Waals surface area contributed by atoms with Crippen molar-refractivity contribution < 1.29 is 9.53 Å². The van der Waals surface area contributed by atoms with Crippen LogP contribution in [0.1, 0.15) is 19.7 Å². The highest BCUT2D eigenvalue weighted by molar-refractivity contribution is 5.91. The number of hydrogen-bond acceptors (Lipinski definition) is 7. The number of piperazine rings is 1. The van der Waals surface area contributed by atoms with Gasteiger partial charge in [-0.1, -0.05) is 26.0 Å². The van der Waals surface area contributed by atoms with E-state index in [1.54, 1.807) is 0 Å². The third-order valence-corrected chi connectivity index (χ3v) is 5.02. The highest BCUT2D eigenvalue weighted by Crippen LogP contribution is 2.23. The summed E-state index contributed by atoms with van der Waals surface area (Å²) in [7, 11) is 3.56. The van der Waals surface area contributed by atoms with Crippen molar-refractivity contribution in [1.29, 1.82) is 0 Å². The van der Waals surface area contributed by atoms with E-state index in [2.05, 4.69) is 22.2 Å². The van der Waals surface area contributed by atoms with Crippen LogP contribution in [0.2, 0.25) is 0 Å². The Bertz CT molecular complexity index is 787. The number of anilines is 1. The summed E-state index contributed by atoms with van der Waals surface area (Å²) >= 11 is 0. The van der Waals surface area contributed by atoms with Crippen LogP contribution in [0.4, 0.5) is 5.82 Å². The Hall–Kier alpha value is -2.25. The molecule has 0 radical (unpaired) electrons. The third kappa shape index (κ3) is 4.73. The van der Waals surface area contributed by atoms with Gasteiger partial charge < -0.3 is 15.0 Å². The van der Waals surface area contributed by atoms with Crippen molar-refractivity contribution in [2.24, 2.45) is 5.92 Å². The number of esters is 1. The molecule has 0 saturated carbocycles. The Morgan fingerprint density at radius 1 is 1.19 bits per heavy atom. The maximum atomic E-state index is 12.2. The van der Waals surface area contributed by atoms with Crippen molar-refractivity contribution >= 4 is 22.7 Å². The topological polar surface area (TPSA) is 70.6 Å². The van der Waals surface area contributed by atoms with Crippen LogP contribution in [0.25, 0.3) is 10.9 Å². The molecule has 2 heterocycles. The number of rotatable bonds is 6. The summed E-state index contributed by atoms with van der Waals surface area (Å²) in [5, 5.41) is 4.22. The van der Waals surface area contributed by atoms with Gasteiger partial charge in [-0.2, -0.15) is 0 Å². The molecule has 146 valence electrons. The lowest BCUT2D eigenvalue weighted by Crippen LogP contribution is -2.44. The van der Waals surface area contributed by atoms with Crippen molar-refractivity contribution in [3.05, 3.63) is 30.1 Å². The smallest absolute Gasteiger partial charge is 0.328 e. The van der Waals surface area contributed by atoms with Crippen LogP contribution >= 0.6 is 0 Å². The van der Waals surface area contributed by atoms with Crippen LogP contribution in [0, 0.1) is 5.92 Å².